The van der Waals surface area contributed by atoms with Gasteiger partial charge in [-0.1, -0.05) is 57.4 Å². The summed E-state index contributed by atoms with van der Waals surface area (Å²) < 4.78 is 0. The molecule has 0 heterocycles. The zero-order chi connectivity index (χ0) is 25.8. The first-order valence-corrected chi connectivity index (χ1v) is 14.3. The van der Waals surface area contributed by atoms with E-state index in [9.17, 15) is 15.3 Å². The lowest BCUT2D eigenvalue weighted by Crippen LogP contribution is -2.38. The maximum Gasteiger partial charge on any atom is 0.0839 e. The second kappa shape index (κ2) is 12.1. The molecule has 0 unspecified atom stereocenters. The average Bonchev–Trinajstić information content (AvgIpc) is 3.14. The first kappa shape index (κ1) is 28.6. The molecule has 4 nitrogen and oxygen atoms in total. The molecular formula is C31H52O4. The molecule has 0 aliphatic heterocycles. The lowest BCUT2D eigenvalue weighted by molar-refractivity contribution is 0.0124. The molecule has 0 saturated heterocycles. The number of rotatable bonds is 10. The smallest absolute Gasteiger partial charge is 0.0839 e. The van der Waals surface area contributed by atoms with E-state index in [1.165, 1.54) is 32.1 Å². The molecule has 0 spiro atoms. The van der Waals surface area contributed by atoms with Crippen LogP contribution in [0, 0.1) is 29.1 Å². The highest BCUT2D eigenvalue weighted by Crippen LogP contribution is 2.60. The Labute approximate surface area is 214 Å². The van der Waals surface area contributed by atoms with Crippen molar-refractivity contribution in [2.24, 2.45) is 29.1 Å². The SMILES string of the molecule is C=C1/C(=C/C=C2/CCC[C@]3(C)[C@@H]([C@H](C)CCCC(C)(C)O)CC[C@@H]23)C[C@@H](O)[C@H](CCCCO)[C@@H]1O. The minimum atomic E-state index is -0.709. The Bertz CT molecular complexity index is 775. The summed E-state index contributed by atoms with van der Waals surface area (Å²) in [6, 6.07) is 0. The third-order valence-corrected chi connectivity index (χ3v) is 9.72. The van der Waals surface area contributed by atoms with Gasteiger partial charge in [-0.15, -0.1) is 0 Å². The molecule has 3 saturated carbocycles. The molecule has 0 radical (unpaired) electrons. The molecule has 0 amide bonds. The highest BCUT2D eigenvalue weighted by atomic mass is 16.3. The molecule has 0 aromatic rings. The topological polar surface area (TPSA) is 80.9 Å². The van der Waals surface area contributed by atoms with Crippen molar-refractivity contribution >= 4 is 0 Å². The van der Waals surface area contributed by atoms with Crippen molar-refractivity contribution in [1.29, 1.82) is 0 Å². The van der Waals surface area contributed by atoms with Crippen LogP contribution in [0.25, 0.3) is 0 Å². The number of hydrogen-bond acceptors (Lipinski definition) is 4. The molecule has 3 rings (SSSR count). The fraction of sp³-hybridized carbons (Fsp3) is 0.806. The van der Waals surface area contributed by atoms with E-state index < -0.39 is 17.8 Å². The van der Waals surface area contributed by atoms with Crippen molar-refractivity contribution in [3.63, 3.8) is 0 Å². The fourth-order valence-corrected chi connectivity index (χ4v) is 7.66. The number of fused-ring (bicyclic) bond motifs is 1. The summed E-state index contributed by atoms with van der Waals surface area (Å²) >= 11 is 0. The molecule has 3 aliphatic rings. The summed E-state index contributed by atoms with van der Waals surface area (Å²) in [5.74, 6) is 1.84. The van der Waals surface area contributed by atoms with Crippen molar-refractivity contribution in [2.45, 2.75) is 123 Å². The van der Waals surface area contributed by atoms with Gasteiger partial charge >= 0.3 is 0 Å². The predicted molar refractivity (Wildman–Crippen MR) is 144 cm³/mol. The van der Waals surface area contributed by atoms with Gasteiger partial charge in [-0.25, -0.2) is 0 Å². The Morgan fingerprint density at radius 2 is 1.89 bits per heavy atom. The van der Waals surface area contributed by atoms with Crippen LogP contribution in [0.4, 0.5) is 0 Å². The van der Waals surface area contributed by atoms with Gasteiger partial charge in [0.1, 0.15) is 0 Å². The molecule has 0 aromatic heterocycles. The van der Waals surface area contributed by atoms with E-state index in [1.807, 2.05) is 13.8 Å². The Kier molecular flexibility index (Phi) is 9.87. The van der Waals surface area contributed by atoms with Crippen molar-refractivity contribution in [3.8, 4) is 0 Å². The van der Waals surface area contributed by atoms with Gasteiger partial charge < -0.3 is 20.4 Å². The summed E-state index contributed by atoms with van der Waals surface area (Å²) in [4.78, 5) is 0. The molecule has 200 valence electrons. The zero-order valence-corrected chi connectivity index (χ0v) is 22.8. The number of allylic oxidation sites excluding steroid dienone is 3. The second-order valence-corrected chi connectivity index (χ2v) is 12.8. The van der Waals surface area contributed by atoms with E-state index in [-0.39, 0.29) is 12.5 Å². The van der Waals surface area contributed by atoms with Crippen LogP contribution in [0.2, 0.25) is 0 Å². The van der Waals surface area contributed by atoms with Crippen LogP contribution in [0.5, 0.6) is 0 Å². The number of aliphatic hydroxyl groups excluding tert-OH is 3. The molecule has 0 bridgehead atoms. The third kappa shape index (κ3) is 6.89. The number of unbranched alkanes of at least 4 members (excludes halogenated alkanes) is 1. The van der Waals surface area contributed by atoms with Crippen LogP contribution in [-0.2, 0) is 0 Å². The van der Waals surface area contributed by atoms with E-state index in [2.05, 4.69) is 32.6 Å². The van der Waals surface area contributed by atoms with Gasteiger partial charge in [-0.05, 0) is 106 Å². The van der Waals surface area contributed by atoms with Gasteiger partial charge in [-0.2, -0.15) is 0 Å². The van der Waals surface area contributed by atoms with Gasteiger partial charge in [0.2, 0.25) is 0 Å². The van der Waals surface area contributed by atoms with Crippen molar-refractivity contribution in [2.75, 3.05) is 6.61 Å². The summed E-state index contributed by atoms with van der Waals surface area (Å²) in [6.07, 6.45) is 15.3. The third-order valence-electron chi connectivity index (χ3n) is 9.72. The van der Waals surface area contributed by atoms with Crippen LogP contribution in [0.1, 0.15) is 105 Å². The maximum atomic E-state index is 10.8. The molecule has 4 N–H and O–H groups in total. The first-order chi connectivity index (χ1) is 16.5. The standard InChI is InChI=1S/C31H52O4/c1-21(10-8-17-30(3,4)35)26-15-16-27-23(11-9-18-31(26,27)5)13-14-24-20-28(33)25(12-6-7-19-32)29(34)22(24)2/h13-14,21,25-29,32-35H,2,6-12,15-20H2,1,3-5H3/b23-13-,24-14+/t21-,25+,26-,27+,28-,29-,31-/m1/s1. The molecule has 4 heteroatoms. The van der Waals surface area contributed by atoms with Gasteiger partial charge in [-0.3, -0.25) is 0 Å². The summed E-state index contributed by atoms with van der Waals surface area (Å²) in [6.45, 7) is 13.1. The molecule has 35 heavy (non-hydrogen) atoms. The van der Waals surface area contributed by atoms with Crippen molar-refractivity contribution in [1.82, 2.24) is 0 Å². The van der Waals surface area contributed by atoms with Gasteiger partial charge in [0, 0.05) is 12.5 Å². The minimum absolute atomic E-state index is 0.152. The van der Waals surface area contributed by atoms with Crippen LogP contribution >= 0.6 is 0 Å². The lowest BCUT2D eigenvalue weighted by Gasteiger charge is -2.44. The Balaban J connectivity index is 1.67. The van der Waals surface area contributed by atoms with Crippen LogP contribution < -0.4 is 0 Å². The van der Waals surface area contributed by atoms with E-state index in [0.29, 0.717) is 36.5 Å². The highest BCUT2D eigenvalue weighted by molar-refractivity contribution is 5.39. The molecule has 0 aromatic carbocycles. The summed E-state index contributed by atoms with van der Waals surface area (Å²) in [5.41, 5.74) is 3.05. The monoisotopic (exact) mass is 488 g/mol. The first-order valence-electron chi connectivity index (χ1n) is 14.3. The Hall–Kier alpha value is -0.940. The number of aliphatic hydroxyl groups is 4. The van der Waals surface area contributed by atoms with E-state index in [1.54, 1.807) is 5.57 Å². The van der Waals surface area contributed by atoms with Crippen LogP contribution in [0.15, 0.2) is 35.5 Å². The zero-order valence-electron chi connectivity index (χ0n) is 22.8. The normalized spacial score (nSPS) is 37.1. The summed E-state index contributed by atoms with van der Waals surface area (Å²) in [7, 11) is 0. The molecule has 7 atom stereocenters. The Morgan fingerprint density at radius 1 is 1.14 bits per heavy atom. The van der Waals surface area contributed by atoms with Crippen molar-refractivity contribution < 1.29 is 20.4 Å². The highest BCUT2D eigenvalue weighted by Gasteiger charge is 2.50. The van der Waals surface area contributed by atoms with Crippen molar-refractivity contribution in [3.05, 3.63) is 35.5 Å². The minimum Gasteiger partial charge on any atom is -0.396 e. The second-order valence-electron chi connectivity index (χ2n) is 12.8. The van der Waals surface area contributed by atoms with E-state index >= 15 is 0 Å². The van der Waals surface area contributed by atoms with Gasteiger partial charge in [0.05, 0.1) is 17.8 Å². The fourth-order valence-electron chi connectivity index (χ4n) is 7.66. The summed E-state index contributed by atoms with van der Waals surface area (Å²) in [5, 5.41) is 40.7. The van der Waals surface area contributed by atoms with Gasteiger partial charge in [0.15, 0.2) is 0 Å². The van der Waals surface area contributed by atoms with Gasteiger partial charge in [0.25, 0.3) is 0 Å². The predicted octanol–water partition coefficient (Wildman–Crippen LogP) is 6.09. The van der Waals surface area contributed by atoms with E-state index in [0.717, 1.165) is 42.7 Å². The quantitative estimate of drug-likeness (QED) is 0.280. The van der Waals surface area contributed by atoms with Crippen LogP contribution in [-0.4, -0.2) is 44.8 Å². The van der Waals surface area contributed by atoms with E-state index in [4.69, 9.17) is 5.11 Å². The largest absolute Gasteiger partial charge is 0.396 e. The molecular weight excluding hydrogens is 436 g/mol. The lowest BCUT2D eigenvalue weighted by atomic mass is 9.60. The average molecular weight is 489 g/mol. The molecule has 3 fully saturated rings. The number of hydrogen-bond donors (Lipinski definition) is 4. The maximum absolute atomic E-state index is 10.8. The molecule has 3 aliphatic carbocycles. The van der Waals surface area contributed by atoms with Crippen LogP contribution in [0.3, 0.4) is 0 Å². The Morgan fingerprint density at radius 3 is 2.57 bits per heavy atom.